The Kier molecular flexibility index (Phi) is 6.58. The molecular weight excluding hydrogens is 340 g/mol. The van der Waals surface area contributed by atoms with E-state index in [1.54, 1.807) is 26.2 Å². The quantitative estimate of drug-likeness (QED) is 0.726. The summed E-state index contributed by atoms with van der Waals surface area (Å²) in [5, 5.41) is 2.97. The maximum absolute atomic E-state index is 12.2. The van der Waals surface area contributed by atoms with Crippen molar-refractivity contribution in [3.63, 3.8) is 0 Å². The van der Waals surface area contributed by atoms with Crippen LogP contribution in [-0.4, -0.2) is 38.8 Å². The molecule has 0 bridgehead atoms. The second kappa shape index (κ2) is 9.31. The van der Waals surface area contributed by atoms with E-state index in [4.69, 9.17) is 9.47 Å². The molecule has 0 spiro atoms. The van der Waals surface area contributed by atoms with Crippen LogP contribution in [0.3, 0.4) is 0 Å². The highest BCUT2D eigenvalue weighted by atomic mass is 16.5. The molecule has 3 rings (SSSR count). The van der Waals surface area contributed by atoms with Gasteiger partial charge in [0.05, 0.1) is 7.11 Å². The molecule has 1 amide bonds. The molecule has 0 aliphatic carbocycles. The number of hydrogen-bond acceptors (Lipinski definition) is 4. The standard InChI is InChI=1S/C22H28N2O3/c1-17(27-20-12-10-19(26-2)11-13-20)22(25)23-14-6-16-24-15-5-8-18-7-3-4-9-21(18)24/h3-4,7,9-13,17H,5-6,8,14-16H2,1-2H3,(H,23,25). The summed E-state index contributed by atoms with van der Waals surface area (Å²) in [6, 6.07) is 15.8. The average Bonchev–Trinajstić information content (AvgIpc) is 2.71. The van der Waals surface area contributed by atoms with E-state index in [9.17, 15) is 4.79 Å². The van der Waals surface area contributed by atoms with Gasteiger partial charge in [-0.15, -0.1) is 0 Å². The number of hydrogen-bond donors (Lipinski definition) is 1. The molecule has 27 heavy (non-hydrogen) atoms. The van der Waals surface area contributed by atoms with Crippen LogP contribution < -0.4 is 19.7 Å². The number of anilines is 1. The Balaban J connectivity index is 1.40. The first kappa shape index (κ1) is 19.1. The van der Waals surface area contributed by atoms with Crippen molar-refractivity contribution in [3.05, 3.63) is 54.1 Å². The third-order valence-corrected chi connectivity index (χ3v) is 4.85. The first-order chi connectivity index (χ1) is 13.2. The molecule has 1 unspecified atom stereocenters. The Morgan fingerprint density at radius 2 is 1.89 bits per heavy atom. The Bertz CT molecular complexity index is 745. The van der Waals surface area contributed by atoms with Crippen LogP contribution in [0.4, 0.5) is 5.69 Å². The lowest BCUT2D eigenvalue weighted by Crippen LogP contribution is -2.38. The number of amides is 1. The summed E-state index contributed by atoms with van der Waals surface area (Å²) in [6.45, 7) is 4.45. The minimum atomic E-state index is -0.533. The van der Waals surface area contributed by atoms with Crippen molar-refractivity contribution in [3.8, 4) is 11.5 Å². The van der Waals surface area contributed by atoms with Gasteiger partial charge in [0.2, 0.25) is 0 Å². The molecule has 0 radical (unpaired) electrons. The molecular formula is C22H28N2O3. The van der Waals surface area contributed by atoms with Gasteiger partial charge in [-0.05, 0) is 62.1 Å². The predicted molar refractivity (Wildman–Crippen MR) is 108 cm³/mol. The van der Waals surface area contributed by atoms with Gasteiger partial charge in [-0.1, -0.05) is 18.2 Å². The highest BCUT2D eigenvalue weighted by molar-refractivity contribution is 5.80. The first-order valence-corrected chi connectivity index (χ1v) is 9.58. The van der Waals surface area contributed by atoms with Gasteiger partial charge in [-0.2, -0.15) is 0 Å². The number of methoxy groups -OCH3 is 1. The lowest BCUT2D eigenvalue weighted by atomic mass is 10.0. The molecule has 0 saturated carbocycles. The summed E-state index contributed by atoms with van der Waals surface area (Å²) < 4.78 is 10.8. The fourth-order valence-corrected chi connectivity index (χ4v) is 3.38. The van der Waals surface area contributed by atoms with Crippen molar-refractivity contribution in [1.82, 2.24) is 5.32 Å². The molecule has 5 nitrogen and oxygen atoms in total. The monoisotopic (exact) mass is 368 g/mol. The van der Waals surface area contributed by atoms with Crippen molar-refractivity contribution < 1.29 is 14.3 Å². The van der Waals surface area contributed by atoms with Gasteiger partial charge in [-0.25, -0.2) is 0 Å². The van der Waals surface area contributed by atoms with Gasteiger partial charge in [-0.3, -0.25) is 4.79 Å². The lowest BCUT2D eigenvalue weighted by molar-refractivity contribution is -0.127. The lowest BCUT2D eigenvalue weighted by Gasteiger charge is -2.31. The topological polar surface area (TPSA) is 50.8 Å². The van der Waals surface area contributed by atoms with Crippen molar-refractivity contribution in [1.29, 1.82) is 0 Å². The molecule has 1 heterocycles. The molecule has 0 saturated heterocycles. The molecule has 1 atom stereocenters. The van der Waals surface area contributed by atoms with Crippen LogP contribution in [0.25, 0.3) is 0 Å². The predicted octanol–water partition coefficient (Wildman–Crippen LogP) is 3.42. The van der Waals surface area contributed by atoms with Gasteiger partial charge in [0.15, 0.2) is 6.10 Å². The maximum Gasteiger partial charge on any atom is 0.260 e. The third-order valence-electron chi connectivity index (χ3n) is 4.85. The fourth-order valence-electron chi connectivity index (χ4n) is 3.38. The van der Waals surface area contributed by atoms with Crippen LogP contribution in [0, 0.1) is 0 Å². The van der Waals surface area contributed by atoms with E-state index in [1.165, 1.54) is 17.7 Å². The summed E-state index contributed by atoms with van der Waals surface area (Å²) >= 11 is 0. The third kappa shape index (κ3) is 5.16. The van der Waals surface area contributed by atoms with Crippen molar-refractivity contribution in [2.45, 2.75) is 32.3 Å². The molecule has 1 aliphatic heterocycles. The van der Waals surface area contributed by atoms with E-state index in [0.717, 1.165) is 31.7 Å². The zero-order valence-electron chi connectivity index (χ0n) is 16.1. The summed E-state index contributed by atoms with van der Waals surface area (Å²) in [4.78, 5) is 14.7. The number of para-hydroxylation sites is 1. The van der Waals surface area contributed by atoms with E-state index < -0.39 is 6.10 Å². The van der Waals surface area contributed by atoms with Crippen LogP contribution in [0.5, 0.6) is 11.5 Å². The highest BCUT2D eigenvalue weighted by Gasteiger charge is 2.17. The van der Waals surface area contributed by atoms with Crippen LogP contribution >= 0.6 is 0 Å². The number of aryl methyl sites for hydroxylation is 1. The number of carbonyl (C=O) groups excluding carboxylic acids is 1. The zero-order chi connectivity index (χ0) is 19.1. The van der Waals surface area contributed by atoms with E-state index in [0.29, 0.717) is 12.3 Å². The number of nitrogens with one attached hydrogen (secondary N) is 1. The second-order valence-corrected chi connectivity index (χ2v) is 6.80. The summed E-state index contributed by atoms with van der Waals surface area (Å²) in [5.41, 5.74) is 2.76. The number of fused-ring (bicyclic) bond motifs is 1. The van der Waals surface area contributed by atoms with Gasteiger partial charge < -0.3 is 19.7 Å². The van der Waals surface area contributed by atoms with E-state index in [1.807, 2.05) is 12.1 Å². The number of benzene rings is 2. The normalized spacial score (nSPS) is 14.2. The Morgan fingerprint density at radius 3 is 2.67 bits per heavy atom. The van der Waals surface area contributed by atoms with Gasteiger partial charge in [0.25, 0.3) is 5.91 Å². The Labute approximate surface area is 161 Å². The van der Waals surface area contributed by atoms with Crippen molar-refractivity contribution in [2.24, 2.45) is 0 Å². The minimum Gasteiger partial charge on any atom is -0.497 e. The van der Waals surface area contributed by atoms with E-state index in [-0.39, 0.29) is 5.91 Å². The molecule has 1 N–H and O–H groups in total. The maximum atomic E-state index is 12.2. The van der Waals surface area contributed by atoms with Crippen LogP contribution in [0.15, 0.2) is 48.5 Å². The second-order valence-electron chi connectivity index (χ2n) is 6.80. The highest BCUT2D eigenvalue weighted by Crippen LogP contribution is 2.26. The minimum absolute atomic E-state index is 0.0927. The molecule has 2 aromatic rings. The smallest absolute Gasteiger partial charge is 0.260 e. The van der Waals surface area contributed by atoms with Gasteiger partial charge in [0, 0.05) is 25.3 Å². The molecule has 2 aromatic carbocycles. The SMILES string of the molecule is COc1ccc(OC(C)C(=O)NCCCN2CCCc3ccccc32)cc1. The first-order valence-electron chi connectivity index (χ1n) is 9.58. The van der Waals surface area contributed by atoms with Gasteiger partial charge in [0.1, 0.15) is 11.5 Å². The van der Waals surface area contributed by atoms with E-state index >= 15 is 0 Å². The van der Waals surface area contributed by atoms with Crippen LogP contribution in [-0.2, 0) is 11.2 Å². The molecule has 1 aliphatic rings. The summed E-state index contributed by atoms with van der Waals surface area (Å²) in [5.74, 6) is 1.33. The molecule has 144 valence electrons. The van der Waals surface area contributed by atoms with Crippen molar-refractivity contribution in [2.75, 3.05) is 31.6 Å². The Morgan fingerprint density at radius 1 is 1.15 bits per heavy atom. The molecule has 5 heteroatoms. The van der Waals surface area contributed by atoms with Crippen LogP contribution in [0.2, 0.25) is 0 Å². The Hall–Kier alpha value is -2.69. The molecule has 0 aromatic heterocycles. The van der Waals surface area contributed by atoms with Gasteiger partial charge >= 0.3 is 0 Å². The van der Waals surface area contributed by atoms with Crippen LogP contribution in [0.1, 0.15) is 25.3 Å². The number of nitrogens with zero attached hydrogens (tertiary/aromatic N) is 1. The fraction of sp³-hybridized carbons (Fsp3) is 0.409. The summed E-state index contributed by atoms with van der Waals surface area (Å²) in [7, 11) is 1.62. The zero-order valence-corrected chi connectivity index (χ0v) is 16.1. The summed E-state index contributed by atoms with van der Waals surface area (Å²) in [6.07, 6.45) is 2.73. The number of rotatable bonds is 8. The van der Waals surface area contributed by atoms with E-state index in [2.05, 4.69) is 34.5 Å². The van der Waals surface area contributed by atoms with Crippen molar-refractivity contribution >= 4 is 11.6 Å². The number of carbonyl (C=O) groups is 1. The largest absolute Gasteiger partial charge is 0.497 e. The average molecular weight is 368 g/mol. The molecule has 0 fully saturated rings. The number of ether oxygens (including phenoxy) is 2.